The Morgan fingerprint density at radius 2 is 2.00 bits per heavy atom. The van der Waals surface area contributed by atoms with Crippen LogP contribution in [0.2, 0.25) is 0 Å². The van der Waals surface area contributed by atoms with Crippen LogP contribution in [-0.2, 0) is 0 Å². The number of hydrogen-bond acceptors (Lipinski definition) is 3. The number of nitrogens with two attached hydrogens (primary N) is 2. The molecule has 6 nitrogen and oxygen atoms in total. The van der Waals surface area contributed by atoms with Crippen molar-refractivity contribution in [1.82, 2.24) is 10.2 Å². The third-order valence-corrected chi connectivity index (χ3v) is 1.10. The number of carbonyl (C=O) groups is 2. The summed E-state index contributed by atoms with van der Waals surface area (Å²) in [5.74, 6) is -1.38. The normalized spacial score (nSPS) is 9.45. The molecule has 0 aliphatic carbocycles. The maximum absolute atomic E-state index is 10.4. The Balaban J connectivity index is 2.99. The molecular weight excluding hydrogens is 148 g/mol. The first-order chi connectivity index (χ1) is 5.11. The summed E-state index contributed by atoms with van der Waals surface area (Å²) in [5.41, 5.74) is 9.79. The highest BCUT2D eigenvalue weighted by Crippen LogP contribution is 1.96. The molecule has 0 radical (unpaired) electrons. The number of carbonyl (C=O) groups excluding carboxylic acids is 2. The lowest BCUT2D eigenvalue weighted by atomic mass is 10.3. The van der Waals surface area contributed by atoms with Gasteiger partial charge in [0.2, 0.25) is 0 Å². The lowest BCUT2D eigenvalue weighted by molar-refractivity contribution is 0.0989. The van der Waals surface area contributed by atoms with Gasteiger partial charge >= 0.3 is 0 Å². The van der Waals surface area contributed by atoms with Crippen LogP contribution in [-0.4, -0.2) is 22.0 Å². The Morgan fingerprint density at radius 3 is 2.27 bits per heavy atom. The molecule has 0 bridgehead atoms. The van der Waals surface area contributed by atoms with Crippen LogP contribution in [0.4, 0.5) is 0 Å². The maximum atomic E-state index is 10.4. The second-order valence-electron chi connectivity index (χ2n) is 1.90. The molecule has 5 N–H and O–H groups in total. The van der Waals surface area contributed by atoms with E-state index in [0.29, 0.717) is 0 Å². The third-order valence-electron chi connectivity index (χ3n) is 1.10. The molecule has 1 aromatic heterocycles. The molecule has 0 unspecified atom stereocenters. The van der Waals surface area contributed by atoms with E-state index in [-0.39, 0.29) is 11.4 Å². The zero-order chi connectivity index (χ0) is 8.43. The fraction of sp³-hybridized carbons (Fsp3) is 0. The van der Waals surface area contributed by atoms with E-state index in [1.54, 1.807) is 0 Å². The fourth-order valence-corrected chi connectivity index (χ4v) is 0.574. The summed E-state index contributed by atoms with van der Waals surface area (Å²) in [4.78, 5) is 20.9. The number of aromatic nitrogens is 2. The van der Waals surface area contributed by atoms with Gasteiger partial charge in [0.25, 0.3) is 11.8 Å². The Hall–Kier alpha value is -1.85. The van der Waals surface area contributed by atoms with Gasteiger partial charge in [-0.05, 0) is 0 Å². The van der Waals surface area contributed by atoms with Gasteiger partial charge in [-0.15, -0.1) is 0 Å². The van der Waals surface area contributed by atoms with Crippen molar-refractivity contribution in [2.75, 3.05) is 0 Å². The Morgan fingerprint density at radius 1 is 1.36 bits per heavy atom. The number of amides is 2. The van der Waals surface area contributed by atoms with Gasteiger partial charge in [0.15, 0.2) is 5.69 Å². The van der Waals surface area contributed by atoms with Gasteiger partial charge in [0.05, 0.1) is 0 Å². The second-order valence-corrected chi connectivity index (χ2v) is 1.90. The molecule has 6 heteroatoms. The lowest BCUT2D eigenvalue weighted by Crippen LogP contribution is -2.12. The lowest BCUT2D eigenvalue weighted by Gasteiger charge is -1.81. The van der Waals surface area contributed by atoms with E-state index >= 15 is 0 Å². The summed E-state index contributed by atoms with van der Waals surface area (Å²) < 4.78 is 0. The van der Waals surface area contributed by atoms with Gasteiger partial charge in [-0.25, -0.2) is 0 Å². The van der Waals surface area contributed by atoms with Gasteiger partial charge in [-0.2, -0.15) is 5.10 Å². The Labute approximate surface area is 61.6 Å². The van der Waals surface area contributed by atoms with E-state index in [0.717, 1.165) is 0 Å². The van der Waals surface area contributed by atoms with Crippen LogP contribution in [0.1, 0.15) is 21.0 Å². The number of primary amides is 2. The van der Waals surface area contributed by atoms with Crippen molar-refractivity contribution in [3.05, 3.63) is 17.5 Å². The first-order valence-electron chi connectivity index (χ1n) is 2.76. The van der Waals surface area contributed by atoms with Crippen LogP contribution in [0, 0.1) is 0 Å². The smallest absolute Gasteiger partial charge is 0.269 e. The van der Waals surface area contributed by atoms with Gasteiger partial charge in [0, 0.05) is 6.07 Å². The number of nitrogens with zero attached hydrogens (tertiary/aromatic N) is 1. The van der Waals surface area contributed by atoms with Crippen molar-refractivity contribution >= 4 is 11.8 Å². The summed E-state index contributed by atoms with van der Waals surface area (Å²) in [6.45, 7) is 0. The largest absolute Gasteiger partial charge is 0.364 e. The average Bonchev–Trinajstić information content (AvgIpc) is 2.33. The number of hydrogen-bond donors (Lipinski definition) is 3. The number of aromatic amines is 1. The molecule has 0 aromatic carbocycles. The van der Waals surface area contributed by atoms with Crippen LogP contribution >= 0.6 is 0 Å². The highest BCUT2D eigenvalue weighted by atomic mass is 16.1. The predicted molar refractivity (Wildman–Crippen MR) is 35.6 cm³/mol. The monoisotopic (exact) mass is 154 g/mol. The van der Waals surface area contributed by atoms with Crippen molar-refractivity contribution in [2.24, 2.45) is 11.5 Å². The van der Waals surface area contributed by atoms with E-state index in [9.17, 15) is 9.59 Å². The minimum absolute atomic E-state index is 0.00111. The van der Waals surface area contributed by atoms with Gasteiger partial charge in [-0.1, -0.05) is 0 Å². The predicted octanol–water partition coefficient (Wildman–Crippen LogP) is -1.39. The first-order valence-corrected chi connectivity index (χ1v) is 2.76. The van der Waals surface area contributed by atoms with Crippen molar-refractivity contribution in [3.63, 3.8) is 0 Å². The molecule has 0 atom stereocenters. The Kier molecular flexibility index (Phi) is 1.59. The fourth-order valence-electron chi connectivity index (χ4n) is 0.574. The zero-order valence-electron chi connectivity index (χ0n) is 5.50. The second kappa shape index (κ2) is 2.41. The number of rotatable bonds is 2. The van der Waals surface area contributed by atoms with Crippen LogP contribution in [0.3, 0.4) is 0 Å². The average molecular weight is 154 g/mol. The summed E-state index contributed by atoms with van der Waals surface area (Å²) in [6, 6.07) is 1.20. The number of H-pyrrole nitrogens is 1. The van der Waals surface area contributed by atoms with Gasteiger partial charge in [-0.3, -0.25) is 14.7 Å². The first kappa shape index (κ1) is 7.26. The van der Waals surface area contributed by atoms with Crippen LogP contribution in [0.15, 0.2) is 6.07 Å². The van der Waals surface area contributed by atoms with Crippen molar-refractivity contribution in [2.45, 2.75) is 0 Å². The van der Waals surface area contributed by atoms with E-state index in [4.69, 9.17) is 11.5 Å². The highest BCUT2D eigenvalue weighted by molar-refractivity contribution is 5.96. The third kappa shape index (κ3) is 1.34. The standard InChI is InChI=1S/C5H6N4O2/c6-4(10)2-1-3(5(7)11)9-8-2/h1H,(H2,6,10)(H2,7,11)(H,8,9). The molecule has 2 amide bonds. The molecule has 0 spiro atoms. The van der Waals surface area contributed by atoms with Crippen molar-refractivity contribution in [3.8, 4) is 0 Å². The summed E-state index contributed by atoms with van der Waals surface area (Å²) in [6.07, 6.45) is 0. The minimum atomic E-state index is -0.700. The molecular formula is C5H6N4O2. The molecule has 1 heterocycles. The topological polar surface area (TPSA) is 115 Å². The van der Waals surface area contributed by atoms with Gasteiger partial charge < -0.3 is 11.5 Å². The van der Waals surface area contributed by atoms with E-state index in [1.165, 1.54) is 6.07 Å². The van der Waals surface area contributed by atoms with E-state index < -0.39 is 11.8 Å². The molecule has 11 heavy (non-hydrogen) atoms. The highest BCUT2D eigenvalue weighted by Gasteiger charge is 2.08. The van der Waals surface area contributed by atoms with Gasteiger partial charge in [0.1, 0.15) is 5.69 Å². The molecule has 0 aliphatic rings. The molecule has 1 rings (SSSR count). The quantitative estimate of drug-likeness (QED) is 0.486. The molecule has 0 fully saturated rings. The van der Waals surface area contributed by atoms with Crippen molar-refractivity contribution in [1.29, 1.82) is 0 Å². The summed E-state index contributed by atoms with van der Waals surface area (Å²) in [7, 11) is 0. The van der Waals surface area contributed by atoms with Crippen LogP contribution in [0.25, 0.3) is 0 Å². The Bertz CT molecular complexity index is 275. The minimum Gasteiger partial charge on any atom is -0.364 e. The molecule has 58 valence electrons. The van der Waals surface area contributed by atoms with Crippen LogP contribution < -0.4 is 11.5 Å². The van der Waals surface area contributed by atoms with E-state index in [1.807, 2.05) is 0 Å². The van der Waals surface area contributed by atoms with Crippen LogP contribution in [0.5, 0.6) is 0 Å². The molecule has 0 saturated carbocycles. The van der Waals surface area contributed by atoms with Crippen molar-refractivity contribution < 1.29 is 9.59 Å². The zero-order valence-corrected chi connectivity index (χ0v) is 5.50. The van der Waals surface area contributed by atoms with E-state index in [2.05, 4.69) is 10.2 Å². The summed E-state index contributed by atoms with van der Waals surface area (Å²) in [5, 5.41) is 5.70. The number of nitrogens with one attached hydrogen (secondary N) is 1. The molecule has 0 saturated heterocycles. The molecule has 0 aliphatic heterocycles. The SMILES string of the molecule is NC(=O)c1cc(C(N)=O)[nH]n1. The maximum Gasteiger partial charge on any atom is 0.269 e. The molecule has 1 aromatic rings. The summed E-state index contributed by atoms with van der Waals surface area (Å²) >= 11 is 0.